The van der Waals surface area contributed by atoms with Crippen LogP contribution < -0.4 is 5.56 Å². The summed E-state index contributed by atoms with van der Waals surface area (Å²) in [6.45, 7) is 1.91. The first kappa shape index (κ1) is 18.4. The highest BCUT2D eigenvalue weighted by Gasteiger charge is 2.26. The predicted octanol–water partition coefficient (Wildman–Crippen LogP) is 4.40. The molecular weight excluding hydrogens is 375 g/mol. The zero-order chi connectivity index (χ0) is 19.0. The van der Waals surface area contributed by atoms with E-state index in [0.717, 1.165) is 11.8 Å². The molecule has 0 aliphatic carbocycles. The van der Waals surface area contributed by atoms with E-state index in [1.165, 1.54) is 4.57 Å². The molecule has 0 aliphatic heterocycles. The summed E-state index contributed by atoms with van der Waals surface area (Å²) in [6, 6.07) is 6.53. The molecule has 0 bridgehead atoms. The van der Waals surface area contributed by atoms with Crippen molar-refractivity contribution in [3.8, 4) is 0 Å². The Morgan fingerprint density at radius 2 is 1.54 bits per heavy atom. The molecule has 0 fully saturated rings. The summed E-state index contributed by atoms with van der Waals surface area (Å²) < 4.78 is 68.6. The van der Waals surface area contributed by atoms with E-state index in [2.05, 4.69) is 4.98 Å². The van der Waals surface area contributed by atoms with E-state index in [4.69, 9.17) is 0 Å². The highest BCUT2D eigenvalue weighted by molar-refractivity contribution is 7.98. The topological polar surface area (TPSA) is 34.9 Å². The van der Waals surface area contributed by atoms with Gasteiger partial charge in [-0.05, 0) is 19.1 Å². The van der Waals surface area contributed by atoms with Gasteiger partial charge in [-0.25, -0.2) is 26.9 Å². The van der Waals surface area contributed by atoms with Crippen LogP contribution >= 0.6 is 11.8 Å². The van der Waals surface area contributed by atoms with E-state index in [1.54, 1.807) is 31.2 Å². The second-order valence-corrected chi connectivity index (χ2v) is 6.24. The van der Waals surface area contributed by atoms with Crippen LogP contribution in [0.1, 0.15) is 12.5 Å². The van der Waals surface area contributed by atoms with E-state index in [9.17, 15) is 26.7 Å². The van der Waals surface area contributed by atoms with Crippen molar-refractivity contribution in [3.63, 3.8) is 0 Å². The van der Waals surface area contributed by atoms with E-state index in [1.807, 2.05) is 0 Å². The highest BCUT2D eigenvalue weighted by Crippen LogP contribution is 2.29. The molecule has 0 unspecified atom stereocenters. The number of fused-ring (bicyclic) bond motifs is 1. The Morgan fingerprint density at radius 1 is 0.962 bits per heavy atom. The van der Waals surface area contributed by atoms with Crippen molar-refractivity contribution in [2.45, 2.75) is 24.4 Å². The number of benzene rings is 2. The highest BCUT2D eigenvalue weighted by atomic mass is 32.2. The van der Waals surface area contributed by atoms with Gasteiger partial charge in [0, 0.05) is 17.9 Å². The van der Waals surface area contributed by atoms with E-state index in [0.29, 0.717) is 10.9 Å². The van der Waals surface area contributed by atoms with Crippen LogP contribution in [-0.4, -0.2) is 9.55 Å². The fraction of sp³-hybridized carbons (Fsp3) is 0.176. The average Bonchev–Trinajstić information content (AvgIpc) is 2.65. The van der Waals surface area contributed by atoms with Crippen molar-refractivity contribution in [1.29, 1.82) is 0 Å². The summed E-state index contributed by atoms with van der Waals surface area (Å²) in [5.41, 5.74) is -0.934. The van der Waals surface area contributed by atoms with Crippen LogP contribution in [0.15, 0.2) is 34.2 Å². The van der Waals surface area contributed by atoms with Crippen molar-refractivity contribution in [2.75, 3.05) is 0 Å². The lowest BCUT2D eigenvalue weighted by atomic mass is 10.2. The number of rotatable bonds is 4. The number of para-hydroxylation sites is 1. The first-order chi connectivity index (χ1) is 12.4. The van der Waals surface area contributed by atoms with Crippen LogP contribution in [-0.2, 0) is 12.3 Å². The van der Waals surface area contributed by atoms with Crippen molar-refractivity contribution in [3.05, 3.63) is 69.3 Å². The molecule has 1 aromatic heterocycles. The molecule has 0 amide bonds. The summed E-state index contributed by atoms with van der Waals surface area (Å²) in [7, 11) is 0. The van der Waals surface area contributed by atoms with Crippen LogP contribution in [0, 0.1) is 29.1 Å². The molecule has 0 spiro atoms. The number of hydrogen-bond donors (Lipinski definition) is 0. The molecule has 3 nitrogen and oxygen atoms in total. The molecule has 0 saturated heterocycles. The molecule has 2 aromatic carbocycles. The van der Waals surface area contributed by atoms with E-state index in [-0.39, 0.29) is 17.3 Å². The van der Waals surface area contributed by atoms with Gasteiger partial charge in [0.1, 0.15) is 0 Å². The Kier molecular flexibility index (Phi) is 4.99. The van der Waals surface area contributed by atoms with Crippen LogP contribution in [0.5, 0.6) is 0 Å². The Balaban J connectivity index is 2.05. The van der Waals surface area contributed by atoms with Crippen LogP contribution in [0.25, 0.3) is 10.9 Å². The third-order valence-corrected chi connectivity index (χ3v) is 4.79. The van der Waals surface area contributed by atoms with Gasteiger partial charge in [-0.1, -0.05) is 23.9 Å². The zero-order valence-electron chi connectivity index (χ0n) is 13.3. The Bertz CT molecular complexity index is 1040. The van der Waals surface area contributed by atoms with Crippen LogP contribution in [0.2, 0.25) is 0 Å². The van der Waals surface area contributed by atoms with Gasteiger partial charge in [-0.15, -0.1) is 0 Å². The number of aromatic nitrogens is 2. The summed E-state index contributed by atoms with van der Waals surface area (Å²) in [5, 5.41) is 0.495. The zero-order valence-corrected chi connectivity index (χ0v) is 14.1. The van der Waals surface area contributed by atoms with Gasteiger partial charge < -0.3 is 0 Å². The van der Waals surface area contributed by atoms with Crippen LogP contribution in [0.3, 0.4) is 0 Å². The third-order valence-electron chi connectivity index (χ3n) is 3.79. The Labute approximate surface area is 148 Å². The van der Waals surface area contributed by atoms with Gasteiger partial charge in [0.2, 0.25) is 5.82 Å². The minimum atomic E-state index is -2.21. The lowest BCUT2D eigenvalue weighted by molar-refractivity contribution is 0.372. The number of hydrogen-bond acceptors (Lipinski definition) is 3. The Morgan fingerprint density at radius 3 is 2.15 bits per heavy atom. The first-order valence-electron chi connectivity index (χ1n) is 7.49. The molecule has 0 saturated carbocycles. The molecule has 26 heavy (non-hydrogen) atoms. The second-order valence-electron chi connectivity index (χ2n) is 5.30. The predicted molar refractivity (Wildman–Crippen MR) is 87.5 cm³/mol. The largest absolute Gasteiger partial charge is 0.287 e. The second kappa shape index (κ2) is 7.06. The van der Waals surface area contributed by atoms with Gasteiger partial charge in [-0.2, -0.15) is 0 Å². The van der Waals surface area contributed by atoms with Crippen molar-refractivity contribution in [1.82, 2.24) is 9.55 Å². The third kappa shape index (κ3) is 2.96. The van der Waals surface area contributed by atoms with Gasteiger partial charge in [0.05, 0.1) is 10.9 Å². The maximum absolute atomic E-state index is 13.8. The Hall–Kier alpha value is -2.42. The molecule has 0 N–H and O–H groups in total. The normalized spacial score (nSPS) is 11.3. The summed E-state index contributed by atoms with van der Waals surface area (Å²) in [6.07, 6.45) is 0. The fourth-order valence-electron chi connectivity index (χ4n) is 2.45. The minimum absolute atomic E-state index is 0.125. The maximum Gasteiger partial charge on any atom is 0.262 e. The molecule has 9 heteroatoms. The number of thioether (sulfide) groups is 1. The SMILES string of the molecule is CCn1c(SCc2c(F)c(F)c(F)c(F)c2F)nc2ccccc2c1=O. The van der Waals surface area contributed by atoms with Crippen molar-refractivity contribution in [2.24, 2.45) is 0 Å². The molecule has 0 atom stereocenters. The standard InChI is InChI=1S/C17H11F5N2OS/c1-2-24-16(25)8-5-3-4-6-10(8)23-17(24)26-7-9-11(18)13(20)15(22)14(21)12(9)19/h3-6H,2,7H2,1H3. The van der Waals surface area contributed by atoms with Gasteiger partial charge in [0.25, 0.3) is 5.56 Å². The summed E-state index contributed by atoms with van der Waals surface area (Å²) in [5.74, 6) is -10.6. The molecule has 0 radical (unpaired) electrons. The van der Waals surface area contributed by atoms with Gasteiger partial charge in [0.15, 0.2) is 28.4 Å². The number of nitrogens with zero attached hydrogens (tertiary/aromatic N) is 2. The van der Waals surface area contributed by atoms with Crippen molar-refractivity contribution < 1.29 is 22.0 Å². The summed E-state index contributed by atoms with van der Waals surface area (Å²) >= 11 is 0.721. The monoisotopic (exact) mass is 386 g/mol. The van der Waals surface area contributed by atoms with Crippen LogP contribution in [0.4, 0.5) is 22.0 Å². The minimum Gasteiger partial charge on any atom is -0.287 e. The molecular formula is C17H11F5N2OS. The molecule has 1 heterocycles. The first-order valence-corrected chi connectivity index (χ1v) is 8.48. The van der Waals surface area contributed by atoms with E-state index < -0.39 is 40.4 Å². The lowest BCUT2D eigenvalue weighted by Crippen LogP contribution is -2.22. The lowest BCUT2D eigenvalue weighted by Gasteiger charge is -2.12. The van der Waals surface area contributed by atoms with E-state index >= 15 is 0 Å². The van der Waals surface area contributed by atoms with Crippen molar-refractivity contribution >= 4 is 22.7 Å². The molecule has 3 aromatic rings. The fourth-order valence-corrected chi connectivity index (χ4v) is 3.51. The summed E-state index contributed by atoms with van der Waals surface area (Å²) in [4.78, 5) is 16.7. The average molecular weight is 386 g/mol. The molecule has 3 rings (SSSR count). The smallest absolute Gasteiger partial charge is 0.262 e. The quantitative estimate of drug-likeness (QED) is 0.219. The maximum atomic E-state index is 13.8. The molecule has 0 aliphatic rings. The molecule has 136 valence electrons. The number of halogens is 5. The van der Waals surface area contributed by atoms with Gasteiger partial charge >= 0.3 is 0 Å². The van der Waals surface area contributed by atoms with Gasteiger partial charge in [-0.3, -0.25) is 9.36 Å².